The van der Waals surface area contributed by atoms with Crippen LogP contribution >= 0.6 is 0 Å². The molecule has 0 bridgehead atoms. The van der Waals surface area contributed by atoms with Crippen molar-refractivity contribution in [2.75, 3.05) is 13.6 Å². The maximum absolute atomic E-state index is 12.5. The molecular formula is C17H19N7O. The van der Waals surface area contributed by atoms with E-state index in [-0.39, 0.29) is 5.91 Å². The Kier molecular flexibility index (Phi) is 4.02. The standard InChI is InChI=1S/C17H19N7O/c1-24-6-5-14-13(9-24)15(22-21-14)17(25)18-8-11-3-2-4-12(7-11)16-19-10-20-23-16/h2-4,7,10H,5-6,8-9H2,1H3,(H,18,25)(H,21,22)(H,19,20,23). The first kappa shape index (κ1) is 15.5. The summed E-state index contributed by atoms with van der Waals surface area (Å²) < 4.78 is 0. The van der Waals surface area contributed by atoms with Gasteiger partial charge in [-0.2, -0.15) is 10.2 Å². The molecule has 1 aliphatic heterocycles. The Balaban J connectivity index is 1.46. The maximum atomic E-state index is 12.5. The third-order valence-corrected chi connectivity index (χ3v) is 4.41. The smallest absolute Gasteiger partial charge is 0.272 e. The Morgan fingerprint density at radius 2 is 2.28 bits per heavy atom. The summed E-state index contributed by atoms with van der Waals surface area (Å²) in [6.45, 7) is 2.15. The highest BCUT2D eigenvalue weighted by molar-refractivity contribution is 5.94. The minimum Gasteiger partial charge on any atom is -0.347 e. The third-order valence-electron chi connectivity index (χ3n) is 4.41. The van der Waals surface area contributed by atoms with E-state index < -0.39 is 0 Å². The van der Waals surface area contributed by atoms with Crippen LogP contribution in [-0.2, 0) is 19.5 Å². The number of likely N-dealkylation sites (N-methyl/N-ethyl adjacent to an activating group) is 1. The molecule has 8 nitrogen and oxygen atoms in total. The summed E-state index contributed by atoms with van der Waals surface area (Å²) in [4.78, 5) is 18.9. The van der Waals surface area contributed by atoms with Crippen molar-refractivity contribution in [1.82, 2.24) is 35.6 Å². The summed E-state index contributed by atoms with van der Waals surface area (Å²) in [6.07, 6.45) is 2.37. The Hall–Kier alpha value is -3.00. The number of aromatic nitrogens is 5. The lowest BCUT2D eigenvalue weighted by Gasteiger charge is -2.22. The normalized spacial score (nSPS) is 14.3. The fourth-order valence-electron chi connectivity index (χ4n) is 3.06. The third kappa shape index (κ3) is 3.16. The van der Waals surface area contributed by atoms with E-state index in [1.807, 2.05) is 31.3 Å². The number of hydrogen-bond donors (Lipinski definition) is 3. The fourth-order valence-corrected chi connectivity index (χ4v) is 3.06. The lowest BCUT2D eigenvalue weighted by atomic mass is 10.1. The fraction of sp³-hybridized carbons (Fsp3) is 0.294. The van der Waals surface area contributed by atoms with Gasteiger partial charge in [-0.05, 0) is 18.7 Å². The quantitative estimate of drug-likeness (QED) is 0.662. The summed E-state index contributed by atoms with van der Waals surface area (Å²) in [5, 5.41) is 16.9. The Labute approximate surface area is 144 Å². The first-order valence-corrected chi connectivity index (χ1v) is 8.18. The van der Waals surface area contributed by atoms with Crippen LogP contribution in [0.25, 0.3) is 11.4 Å². The minimum atomic E-state index is -0.155. The minimum absolute atomic E-state index is 0.155. The number of H-pyrrole nitrogens is 2. The largest absolute Gasteiger partial charge is 0.347 e. The van der Waals surface area contributed by atoms with Crippen molar-refractivity contribution in [3.8, 4) is 11.4 Å². The molecular weight excluding hydrogens is 318 g/mol. The number of aromatic amines is 2. The molecule has 1 aliphatic rings. The van der Waals surface area contributed by atoms with Crippen molar-refractivity contribution in [3.05, 3.63) is 53.1 Å². The van der Waals surface area contributed by atoms with Gasteiger partial charge in [0.15, 0.2) is 11.5 Å². The van der Waals surface area contributed by atoms with E-state index in [1.165, 1.54) is 6.33 Å². The van der Waals surface area contributed by atoms with Crippen LogP contribution in [0, 0.1) is 0 Å². The predicted molar refractivity (Wildman–Crippen MR) is 91.6 cm³/mol. The molecule has 3 heterocycles. The van der Waals surface area contributed by atoms with Gasteiger partial charge in [0.05, 0.1) is 0 Å². The molecule has 25 heavy (non-hydrogen) atoms. The van der Waals surface area contributed by atoms with Crippen LogP contribution in [0.1, 0.15) is 27.3 Å². The SMILES string of the molecule is CN1CCc2[nH]nc(C(=O)NCc3cccc(-c4ncn[nH]4)c3)c2C1. The second-order valence-electron chi connectivity index (χ2n) is 6.23. The molecule has 0 saturated carbocycles. The Morgan fingerprint density at radius 1 is 1.36 bits per heavy atom. The van der Waals surface area contributed by atoms with Gasteiger partial charge in [-0.1, -0.05) is 18.2 Å². The van der Waals surface area contributed by atoms with E-state index in [1.54, 1.807) is 0 Å². The van der Waals surface area contributed by atoms with E-state index >= 15 is 0 Å². The molecule has 0 radical (unpaired) electrons. The van der Waals surface area contributed by atoms with Gasteiger partial charge in [0.2, 0.25) is 0 Å². The molecule has 4 rings (SSSR count). The van der Waals surface area contributed by atoms with Crippen molar-refractivity contribution in [1.29, 1.82) is 0 Å². The van der Waals surface area contributed by atoms with Crippen LogP contribution < -0.4 is 5.32 Å². The van der Waals surface area contributed by atoms with Gasteiger partial charge in [-0.3, -0.25) is 15.0 Å². The molecule has 0 atom stereocenters. The first-order chi connectivity index (χ1) is 12.2. The molecule has 1 amide bonds. The van der Waals surface area contributed by atoms with E-state index in [0.29, 0.717) is 18.1 Å². The molecule has 3 N–H and O–H groups in total. The van der Waals surface area contributed by atoms with Gasteiger partial charge in [0.1, 0.15) is 6.33 Å². The molecule has 0 unspecified atom stereocenters. The average Bonchev–Trinajstić information content (AvgIpc) is 3.29. The second kappa shape index (κ2) is 6.48. The molecule has 1 aromatic carbocycles. The maximum Gasteiger partial charge on any atom is 0.272 e. The lowest BCUT2D eigenvalue weighted by Crippen LogP contribution is -2.29. The van der Waals surface area contributed by atoms with Crippen molar-refractivity contribution in [2.24, 2.45) is 0 Å². The summed E-state index contributed by atoms with van der Waals surface area (Å²) in [7, 11) is 2.05. The van der Waals surface area contributed by atoms with Crippen LogP contribution in [0.5, 0.6) is 0 Å². The highest BCUT2D eigenvalue weighted by Crippen LogP contribution is 2.19. The van der Waals surface area contributed by atoms with E-state index in [4.69, 9.17) is 0 Å². The highest BCUT2D eigenvalue weighted by atomic mass is 16.1. The first-order valence-electron chi connectivity index (χ1n) is 8.18. The van der Waals surface area contributed by atoms with Gasteiger partial charge < -0.3 is 10.2 Å². The number of nitrogens with one attached hydrogen (secondary N) is 3. The number of rotatable bonds is 4. The van der Waals surface area contributed by atoms with Crippen molar-refractivity contribution in [2.45, 2.75) is 19.5 Å². The number of benzene rings is 1. The van der Waals surface area contributed by atoms with Crippen LogP contribution in [-0.4, -0.2) is 49.8 Å². The molecule has 0 spiro atoms. The van der Waals surface area contributed by atoms with Crippen LogP contribution in [0.15, 0.2) is 30.6 Å². The van der Waals surface area contributed by atoms with Gasteiger partial charge in [-0.25, -0.2) is 4.98 Å². The number of carbonyl (C=O) groups excluding carboxylic acids is 1. The van der Waals surface area contributed by atoms with Crippen LogP contribution in [0.2, 0.25) is 0 Å². The zero-order valence-corrected chi connectivity index (χ0v) is 13.9. The molecule has 0 fully saturated rings. The highest BCUT2D eigenvalue weighted by Gasteiger charge is 2.23. The van der Waals surface area contributed by atoms with Gasteiger partial charge in [0.25, 0.3) is 5.91 Å². The predicted octanol–water partition coefficient (Wildman–Crippen LogP) is 1.11. The zero-order chi connectivity index (χ0) is 17.2. The molecule has 2 aromatic heterocycles. The van der Waals surface area contributed by atoms with Crippen molar-refractivity contribution >= 4 is 5.91 Å². The number of hydrogen-bond acceptors (Lipinski definition) is 5. The number of carbonyl (C=O) groups is 1. The van der Waals surface area contributed by atoms with Gasteiger partial charge in [-0.15, -0.1) is 0 Å². The molecule has 8 heteroatoms. The van der Waals surface area contributed by atoms with E-state index in [0.717, 1.165) is 41.9 Å². The topological polar surface area (TPSA) is 103 Å². The van der Waals surface area contributed by atoms with E-state index in [2.05, 4.69) is 35.6 Å². The summed E-state index contributed by atoms with van der Waals surface area (Å²) >= 11 is 0. The van der Waals surface area contributed by atoms with Crippen molar-refractivity contribution in [3.63, 3.8) is 0 Å². The Bertz CT molecular complexity index is 884. The van der Waals surface area contributed by atoms with Crippen LogP contribution in [0.3, 0.4) is 0 Å². The number of fused-ring (bicyclic) bond motifs is 1. The molecule has 3 aromatic rings. The summed E-state index contributed by atoms with van der Waals surface area (Å²) in [6, 6.07) is 7.83. The average molecular weight is 337 g/mol. The Morgan fingerprint density at radius 3 is 3.12 bits per heavy atom. The number of amides is 1. The second-order valence-corrected chi connectivity index (χ2v) is 6.23. The van der Waals surface area contributed by atoms with Crippen LogP contribution in [0.4, 0.5) is 0 Å². The van der Waals surface area contributed by atoms with Crippen molar-refractivity contribution < 1.29 is 4.79 Å². The number of nitrogens with zero attached hydrogens (tertiary/aromatic N) is 4. The van der Waals surface area contributed by atoms with E-state index in [9.17, 15) is 4.79 Å². The van der Waals surface area contributed by atoms with Gasteiger partial charge in [0, 0.05) is 42.9 Å². The molecule has 0 saturated heterocycles. The molecule has 0 aliphatic carbocycles. The van der Waals surface area contributed by atoms with Gasteiger partial charge >= 0.3 is 0 Å². The monoisotopic (exact) mass is 337 g/mol. The summed E-state index contributed by atoms with van der Waals surface area (Å²) in [5.41, 5.74) is 4.48. The lowest BCUT2D eigenvalue weighted by molar-refractivity contribution is 0.0944. The summed E-state index contributed by atoms with van der Waals surface area (Å²) in [5.74, 6) is 0.551. The zero-order valence-electron chi connectivity index (χ0n) is 13.9. The molecule has 128 valence electrons.